The van der Waals surface area contributed by atoms with Crippen molar-refractivity contribution in [1.82, 2.24) is 9.13 Å². The summed E-state index contributed by atoms with van der Waals surface area (Å²) in [6.45, 7) is 0. The molecule has 2 nitrogen and oxygen atoms in total. The molecule has 9 aromatic carbocycles. The molecule has 0 atom stereocenters. The zero-order chi connectivity index (χ0) is 35.6. The maximum absolute atomic E-state index is 2.46. The molecule has 2 heteroatoms. The van der Waals surface area contributed by atoms with Crippen LogP contribution < -0.4 is 0 Å². The number of nitrogens with zero attached hydrogens (tertiary/aromatic N) is 2. The van der Waals surface area contributed by atoms with Gasteiger partial charge in [0.25, 0.3) is 0 Å². The standard InChI is InChI=1S/C52H34N2/c1-3-13-35(14-4-1)38-25-29-46-44-19-9-11-21-48(44)53(51(46)33-38)40-27-23-37(24-28-40)41-31-32-50(43-18-8-7-17-42(41)43)54-49-22-12-10-20-45(49)47-30-26-39(34-52(47)54)36-15-5-2-6-16-36/h1-34H. The van der Waals surface area contributed by atoms with Crippen LogP contribution in [0.5, 0.6) is 0 Å². The molecule has 11 rings (SSSR count). The molecule has 11 aromatic rings. The van der Waals surface area contributed by atoms with Gasteiger partial charge < -0.3 is 9.13 Å². The molecule has 0 saturated heterocycles. The molecule has 0 aliphatic rings. The number of aromatic nitrogens is 2. The van der Waals surface area contributed by atoms with Gasteiger partial charge in [0.15, 0.2) is 0 Å². The number of fused-ring (bicyclic) bond motifs is 7. The highest BCUT2D eigenvalue weighted by atomic mass is 15.0. The Kier molecular flexibility index (Phi) is 6.90. The van der Waals surface area contributed by atoms with Crippen molar-refractivity contribution in [2.45, 2.75) is 0 Å². The van der Waals surface area contributed by atoms with Crippen molar-refractivity contribution in [2.75, 3.05) is 0 Å². The Bertz CT molecular complexity index is 3180. The summed E-state index contributed by atoms with van der Waals surface area (Å²) in [6.07, 6.45) is 0. The van der Waals surface area contributed by atoms with E-state index in [0.717, 1.165) is 5.69 Å². The summed E-state index contributed by atoms with van der Waals surface area (Å²) >= 11 is 0. The lowest BCUT2D eigenvalue weighted by Crippen LogP contribution is -1.97. The molecular formula is C52H34N2. The summed E-state index contributed by atoms with van der Waals surface area (Å²) in [4.78, 5) is 0. The predicted octanol–water partition coefficient (Wildman–Crippen LogP) is 14.0. The van der Waals surface area contributed by atoms with Crippen LogP contribution in [0.2, 0.25) is 0 Å². The minimum atomic E-state index is 1.15. The summed E-state index contributed by atoms with van der Waals surface area (Å²) in [7, 11) is 0. The third kappa shape index (κ3) is 4.74. The molecule has 252 valence electrons. The number of benzene rings is 9. The van der Waals surface area contributed by atoms with Crippen LogP contribution in [0.3, 0.4) is 0 Å². The molecule has 54 heavy (non-hydrogen) atoms. The van der Waals surface area contributed by atoms with E-state index in [1.807, 2.05) is 0 Å². The summed E-state index contributed by atoms with van der Waals surface area (Å²) < 4.78 is 4.87. The minimum absolute atomic E-state index is 1.15. The molecule has 0 aliphatic heterocycles. The number of para-hydroxylation sites is 2. The van der Waals surface area contributed by atoms with Gasteiger partial charge in [-0.05, 0) is 81.2 Å². The number of hydrogen-bond acceptors (Lipinski definition) is 0. The summed E-state index contributed by atoms with van der Waals surface area (Å²) in [5.74, 6) is 0. The van der Waals surface area contributed by atoms with Crippen LogP contribution in [-0.2, 0) is 0 Å². The Morgan fingerprint density at radius 3 is 1.28 bits per heavy atom. The van der Waals surface area contributed by atoms with Crippen molar-refractivity contribution >= 4 is 54.4 Å². The molecule has 0 unspecified atom stereocenters. The molecule has 0 saturated carbocycles. The monoisotopic (exact) mass is 686 g/mol. The lowest BCUT2D eigenvalue weighted by atomic mass is 9.96. The first-order valence-corrected chi connectivity index (χ1v) is 18.6. The fraction of sp³-hybridized carbons (Fsp3) is 0. The normalized spacial score (nSPS) is 11.7. The van der Waals surface area contributed by atoms with Gasteiger partial charge in [-0.3, -0.25) is 0 Å². The van der Waals surface area contributed by atoms with Crippen LogP contribution in [-0.4, -0.2) is 9.13 Å². The third-order valence-electron chi connectivity index (χ3n) is 11.1. The van der Waals surface area contributed by atoms with E-state index in [-0.39, 0.29) is 0 Å². The largest absolute Gasteiger partial charge is 0.309 e. The highest BCUT2D eigenvalue weighted by molar-refractivity contribution is 6.13. The van der Waals surface area contributed by atoms with Gasteiger partial charge >= 0.3 is 0 Å². The van der Waals surface area contributed by atoms with E-state index in [1.54, 1.807) is 0 Å². The van der Waals surface area contributed by atoms with Crippen molar-refractivity contribution in [2.24, 2.45) is 0 Å². The molecule has 0 N–H and O–H groups in total. The van der Waals surface area contributed by atoms with Crippen LogP contribution >= 0.6 is 0 Å². The summed E-state index contributed by atoms with van der Waals surface area (Å²) in [5.41, 5.74) is 14.5. The maximum Gasteiger partial charge on any atom is 0.0547 e. The first-order valence-electron chi connectivity index (χ1n) is 18.6. The Morgan fingerprint density at radius 2 is 0.685 bits per heavy atom. The van der Waals surface area contributed by atoms with Gasteiger partial charge in [0.1, 0.15) is 0 Å². The van der Waals surface area contributed by atoms with E-state index in [0.29, 0.717) is 0 Å². The van der Waals surface area contributed by atoms with E-state index in [4.69, 9.17) is 0 Å². The fourth-order valence-electron chi connectivity index (χ4n) is 8.62. The second kappa shape index (κ2) is 12.2. The van der Waals surface area contributed by atoms with Gasteiger partial charge in [-0.15, -0.1) is 0 Å². The van der Waals surface area contributed by atoms with Gasteiger partial charge in [-0.1, -0.05) is 164 Å². The van der Waals surface area contributed by atoms with Gasteiger partial charge in [0, 0.05) is 32.6 Å². The average Bonchev–Trinajstić information content (AvgIpc) is 3.76. The van der Waals surface area contributed by atoms with Crippen molar-refractivity contribution in [3.63, 3.8) is 0 Å². The maximum atomic E-state index is 2.46. The second-order valence-corrected chi connectivity index (χ2v) is 14.1. The van der Waals surface area contributed by atoms with E-state index in [2.05, 4.69) is 215 Å². The first-order chi connectivity index (χ1) is 26.8. The zero-order valence-electron chi connectivity index (χ0n) is 29.5. The minimum Gasteiger partial charge on any atom is -0.309 e. The Labute approximate surface area is 313 Å². The molecular weight excluding hydrogens is 653 g/mol. The van der Waals surface area contributed by atoms with Crippen LogP contribution in [0.4, 0.5) is 0 Å². The molecule has 0 aliphatic carbocycles. The summed E-state index contributed by atoms with van der Waals surface area (Å²) in [5, 5.41) is 7.50. The van der Waals surface area contributed by atoms with Crippen molar-refractivity contribution in [3.8, 4) is 44.8 Å². The molecule has 0 amide bonds. The molecule has 0 radical (unpaired) electrons. The number of hydrogen-bond donors (Lipinski definition) is 0. The SMILES string of the molecule is c1ccc(-c2ccc3c4ccccc4n(-c4ccc(-c5ccc(-n6c7ccccc7c7ccc(-c8ccccc8)cc76)c6ccccc56)cc4)c3c2)cc1. The van der Waals surface area contributed by atoms with Crippen LogP contribution in [0.1, 0.15) is 0 Å². The van der Waals surface area contributed by atoms with E-state index >= 15 is 0 Å². The van der Waals surface area contributed by atoms with Gasteiger partial charge in [-0.25, -0.2) is 0 Å². The topological polar surface area (TPSA) is 9.86 Å². The quantitative estimate of drug-likeness (QED) is 0.171. The van der Waals surface area contributed by atoms with Crippen molar-refractivity contribution in [3.05, 3.63) is 206 Å². The molecule has 0 fully saturated rings. The van der Waals surface area contributed by atoms with E-state index in [9.17, 15) is 0 Å². The lowest BCUT2D eigenvalue weighted by molar-refractivity contribution is 1.18. The zero-order valence-corrected chi connectivity index (χ0v) is 29.5. The van der Waals surface area contributed by atoms with Crippen LogP contribution in [0, 0.1) is 0 Å². The lowest BCUT2D eigenvalue weighted by Gasteiger charge is -2.16. The van der Waals surface area contributed by atoms with Gasteiger partial charge in [0.2, 0.25) is 0 Å². The highest BCUT2D eigenvalue weighted by Crippen LogP contribution is 2.40. The third-order valence-corrected chi connectivity index (χ3v) is 11.1. The molecule has 2 heterocycles. The highest BCUT2D eigenvalue weighted by Gasteiger charge is 2.18. The van der Waals surface area contributed by atoms with Crippen molar-refractivity contribution < 1.29 is 0 Å². The smallest absolute Gasteiger partial charge is 0.0547 e. The van der Waals surface area contributed by atoms with E-state index in [1.165, 1.54) is 93.5 Å². The number of rotatable bonds is 5. The van der Waals surface area contributed by atoms with Crippen LogP contribution in [0.25, 0.3) is 99.1 Å². The van der Waals surface area contributed by atoms with Gasteiger partial charge in [-0.2, -0.15) is 0 Å². The van der Waals surface area contributed by atoms with Crippen molar-refractivity contribution in [1.29, 1.82) is 0 Å². The Balaban J connectivity index is 1.06. The fourth-order valence-corrected chi connectivity index (χ4v) is 8.62. The summed E-state index contributed by atoms with van der Waals surface area (Å²) in [6, 6.07) is 75.2. The Hall–Kier alpha value is -7.16. The van der Waals surface area contributed by atoms with Crippen LogP contribution in [0.15, 0.2) is 206 Å². The molecule has 0 spiro atoms. The van der Waals surface area contributed by atoms with E-state index < -0.39 is 0 Å². The average molecular weight is 687 g/mol. The second-order valence-electron chi connectivity index (χ2n) is 14.1. The van der Waals surface area contributed by atoms with Gasteiger partial charge in [0.05, 0.1) is 27.8 Å². The molecule has 2 aromatic heterocycles. The first kappa shape index (κ1) is 30.5. The predicted molar refractivity (Wildman–Crippen MR) is 229 cm³/mol. The Morgan fingerprint density at radius 1 is 0.241 bits per heavy atom. The molecule has 0 bridgehead atoms.